The Hall–Kier alpha value is -3.15. The fourth-order valence-corrected chi connectivity index (χ4v) is 8.21. The summed E-state index contributed by atoms with van der Waals surface area (Å²) in [4.78, 5) is 38.1. The van der Waals surface area contributed by atoms with E-state index in [1.807, 2.05) is 18.2 Å². The molecule has 0 bridgehead atoms. The highest BCUT2D eigenvalue weighted by molar-refractivity contribution is 5.71. The van der Waals surface area contributed by atoms with Gasteiger partial charge in [-0.05, 0) is 64.2 Å². The van der Waals surface area contributed by atoms with Gasteiger partial charge in [0.05, 0.1) is 0 Å². The smallest absolute Gasteiger partial charge is 0.306 e. The van der Waals surface area contributed by atoms with Crippen LogP contribution in [0.5, 0.6) is 0 Å². The van der Waals surface area contributed by atoms with Gasteiger partial charge in [0.1, 0.15) is 13.2 Å². The lowest BCUT2D eigenvalue weighted by Gasteiger charge is -2.18. The highest BCUT2D eigenvalue weighted by Gasteiger charge is 2.19. The number of ether oxygens (including phenoxy) is 3. The summed E-state index contributed by atoms with van der Waals surface area (Å²) in [7, 11) is 0. The minimum atomic E-state index is -0.798. The fraction of sp³-hybridized carbons (Fsp3) is 0.758. The molecule has 0 aliphatic rings. The molecule has 0 aliphatic carbocycles. The first kappa shape index (κ1) is 64.8. The van der Waals surface area contributed by atoms with Crippen LogP contribution in [0.2, 0.25) is 0 Å². The van der Waals surface area contributed by atoms with E-state index in [1.165, 1.54) is 148 Å². The van der Waals surface area contributed by atoms with E-state index in [-0.39, 0.29) is 31.1 Å². The van der Waals surface area contributed by atoms with Crippen molar-refractivity contribution < 1.29 is 28.6 Å². The summed E-state index contributed by atoms with van der Waals surface area (Å²) in [6, 6.07) is 0. The molecule has 0 N–H and O–H groups in total. The van der Waals surface area contributed by atoms with Gasteiger partial charge in [0.25, 0.3) is 0 Å². The van der Waals surface area contributed by atoms with Crippen LogP contribution in [0.3, 0.4) is 0 Å². The zero-order chi connectivity index (χ0) is 49.3. The summed E-state index contributed by atoms with van der Waals surface area (Å²) < 4.78 is 16.8. The van der Waals surface area contributed by atoms with Crippen molar-refractivity contribution >= 4 is 17.9 Å². The fourth-order valence-electron chi connectivity index (χ4n) is 8.21. The van der Waals surface area contributed by atoms with Gasteiger partial charge >= 0.3 is 17.9 Å². The number of carbonyl (C=O) groups is 3. The molecule has 392 valence electrons. The molecule has 1 unspecified atom stereocenters. The minimum absolute atomic E-state index is 0.0918. The van der Waals surface area contributed by atoms with Crippen LogP contribution in [-0.2, 0) is 28.6 Å². The Morgan fingerprint density at radius 3 is 0.926 bits per heavy atom. The van der Waals surface area contributed by atoms with Gasteiger partial charge in [-0.15, -0.1) is 0 Å². The number of esters is 3. The number of hydrogen-bond acceptors (Lipinski definition) is 6. The molecular weight excluding hydrogens is 841 g/mol. The minimum Gasteiger partial charge on any atom is -0.462 e. The van der Waals surface area contributed by atoms with E-state index < -0.39 is 6.10 Å². The van der Waals surface area contributed by atoms with Gasteiger partial charge in [0.15, 0.2) is 6.10 Å². The number of allylic oxidation sites excluding steroid dienone is 12. The first-order valence-electron chi connectivity index (χ1n) is 29.0. The molecule has 1 atom stereocenters. The molecule has 0 heterocycles. The average Bonchev–Trinajstić information content (AvgIpc) is 3.34. The second-order valence-corrected chi connectivity index (χ2v) is 19.3. The Morgan fingerprint density at radius 2 is 0.574 bits per heavy atom. The first-order valence-corrected chi connectivity index (χ1v) is 29.0. The van der Waals surface area contributed by atoms with Gasteiger partial charge in [-0.2, -0.15) is 0 Å². The van der Waals surface area contributed by atoms with Crippen molar-refractivity contribution in [3.8, 4) is 0 Å². The third kappa shape index (κ3) is 53.8. The van der Waals surface area contributed by atoms with Crippen molar-refractivity contribution in [2.24, 2.45) is 0 Å². The maximum absolute atomic E-state index is 12.8. The highest BCUT2D eigenvalue weighted by atomic mass is 16.6. The van der Waals surface area contributed by atoms with Crippen molar-refractivity contribution in [2.45, 2.75) is 290 Å². The van der Waals surface area contributed by atoms with Gasteiger partial charge in [0, 0.05) is 19.3 Å². The van der Waals surface area contributed by atoms with Gasteiger partial charge in [-0.1, -0.05) is 273 Å². The lowest BCUT2D eigenvalue weighted by molar-refractivity contribution is -0.167. The second-order valence-electron chi connectivity index (χ2n) is 19.3. The van der Waals surface area contributed by atoms with E-state index in [0.717, 1.165) is 96.3 Å². The van der Waals surface area contributed by atoms with E-state index >= 15 is 0 Å². The summed E-state index contributed by atoms with van der Waals surface area (Å²) in [6.45, 7) is 6.48. The van der Waals surface area contributed by atoms with Crippen LogP contribution in [0.4, 0.5) is 0 Å². The molecule has 68 heavy (non-hydrogen) atoms. The van der Waals surface area contributed by atoms with Crippen LogP contribution in [0.1, 0.15) is 284 Å². The largest absolute Gasteiger partial charge is 0.462 e. The van der Waals surface area contributed by atoms with Gasteiger partial charge < -0.3 is 14.2 Å². The summed E-state index contributed by atoms with van der Waals surface area (Å²) >= 11 is 0. The van der Waals surface area contributed by atoms with Crippen LogP contribution in [0, 0.1) is 0 Å². The SMILES string of the molecule is CC\C=C/C=C\C=C/C=C\CCCCCCCC(=O)OCC(COC(=O)CCCCCCCCCCCCCCCCCCCCC)OC(=O)CCCCC/C=C\C=C/CCCCCCCCC. The van der Waals surface area contributed by atoms with E-state index in [9.17, 15) is 14.4 Å². The summed E-state index contributed by atoms with van der Waals surface area (Å²) in [5.41, 5.74) is 0. The quantitative estimate of drug-likeness (QED) is 0.0262. The Bertz CT molecular complexity index is 1270. The molecule has 0 saturated heterocycles. The molecule has 0 aromatic carbocycles. The molecule has 0 aromatic heterocycles. The summed E-state index contributed by atoms with van der Waals surface area (Å²) in [5, 5.41) is 0. The third-order valence-corrected chi connectivity index (χ3v) is 12.6. The molecular formula is C62H108O6. The number of rotatable bonds is 52. The normalized spacial score (nSPS) is 12.6. The zero-order valence-electron chi connectivity index (χ0n) is 44.9. The molecule has 0 aliphatic heterocycles. The highest BCUT2D eigenvalue weighted by Crippen LogP contribution is 2.16. The molecule has 0 amide bonds. The first-order chi connectivity index (χ1) is 33.5. The second kappa shape index (κ2) is 56.4. The van der Waals surface area contributed by atoms with Gasteiger partial charge in [-0.3, -0.25) is 14.4 Å². The van der Waals surface area contributed by atoms with Crippen molar-refractivity contribution in [1.82, 2.24) is 0 Å². The maximum atomic E-state index is 12.8. The topological polar surface area (TPSA) is 78.9 Å². The van der Waals surface area contributed by atoms with Crippen LogP contribution in [0.15, 0.2) is 72.9 Å². The molecule has 0 fully saturated rings. The molecule has 0 spiro atoms. The Morgan fingerprint density at radius 1 is 0.309 bits per heavy atom. The predicted molar refractivity (Wildman–Crippen MR) is 293 cm³/mol. The van der Waals surface area contributed by atoms with Crippen LogP contribution >= 0.6 is 0 Å². The predicted octanol–water partition coefficient (Wildman–Crippen LogP) is 19.4. The number of carbonyl (C=O) groups excluding carboxylic acids is 3. The van der Waals surface area contributed by atoms with Crippen molar-refractivity contribution in [1.29, 1.82) is 0 Å². The lowest BCUT2D eigenvalue weighted by Crippen LogP contribution is -2.30. The van der Waals surface area contributed by atoms with Gasteiger partial charge in [-0.25, -0.2) is 0 Å². The monoisotopic (exact) mass is 949 g/mol. The Balaban J connectivity index is 4.41. The number of unbranched alkanes of at least 4 members (excludes halogenated alkanes) is 33. The van der Waals surface area contributed by atoms with Crippen molar-refractivity contribution in [3.63, 3.8) is 0 Å². The summed E-state index contributed by atoms with van der Waals surface area (Å²) in [6.07, 6.45) is 71.8. The summed E-state index contributed by atoms with van der Waals surface area (Å²) in [5.74, 6) is -0.932. The van der Waals surface area contributed by atoms with Crippen LogP contribution in [0.25, 0.3) is 0 Å². The van der Waals surface area contributed by atoms with Crippen molar-refractivity contribution in [3.05, 3.63) is 72.9 Å². The maximum Gasteiger partial charge on any atom is 0.306 e. The molecule has 0 aromatic rings. The van der Waals surface area contributed by atoms with Crippen LogP contribution < -0.4 is 0 Å². The Kier molecular flexibility index (Phi) is 53.8. The number of hydrogen-bond donors (Lipinski definition) is 0. The van der Waals surface area contributed by atoms with E-state index in [0.29, 0.717) is 19.3 Å². The average molecular weight is 950 g/mol. The Labute approximate surface area is 421 Å². The van der Waals surface area contributed by atoms with Gasteiger partial charge in [0.2, 0.25) is 0 Å². The van der Waals surface area contributed by atoms with E-state index in [2.05, 4.69) is 75.5 Å². The van der Waals surface area contributed by atoms with Crippen LogP contribution in [-0.4, -0.2) is 37.2 Å². The van der Waals surface area contributed by atoms with E-state index in [4.69, 9.17) is 14.2 Å². The molecule has 0 saturated carbocycles. The third-order valence-electron chi connectivity index (χ3n) is 12.6. The molecule has 6 nitrogen and oxygen atoms in total. The van der Waals surface area contributed by atoms with Crippen molar-refractivity contribution in [2.75, 3.05) is 13.2 Å². The molecule has 6 heteroatoms. The standard InChI is InChI=1S/C62H108O6/c1-4-7-10-13-16-19-22-25-28-30-31-32-35-37-40-43-46-49-52-55-61(64)67-58-59(57-66-60(63)54-51-48-45-42-39-36-33-27-24-21-18-15-12-9-6-3)68-62(65)56-53-50-47-44-41-38-34-29-26-23-20-17-14-11-8-5-2/h9,12,15,18,21,24,27,29,33-34,38,41,59H,4-8,10-11,13-14,16-17,19-20,22-23,25-26,28,30-32,35-37,39-40,42-58H2,1-3H3/b12-9-,18-15-,24-21-,33-27-,34-29-,41-38-. The molecule has 0 rings (SSSR count). The zero-order valence-corrected chi connectivity index (χ0v) is 44.9. The molecule has 0 radical (unpaired) electrons. The lowest BCUT2D eigenvalue weighted by atomic mass is 10.0. The van der Waals surface area contributed by atoms with E-state index in [1.54, 1.807) is 0 Å².